The number of aliphatic carboxylic acids is 2. The van der Waals surface area contributed by atoms with Crippen molar-refractivity contribution in [2.45, 2.75) is 12.8 Å². The highest BCUT2D eigenvalue weighted by atomic mass is 32.1. The summed E-state index contributed by atoms with van der Waals surface area (Å²) in [6, 6.07) is 18.1. The van der Waals surface area contributed by atoms with Gasteiger partial charge in [0.1, 0.15) is 5.75 Å². The molecule has 0 saturated carbocycles. The van der Waals surface area contributed by atoms with E-state index < -0.39 is 11.9 Å². The smallest absolute Gasteiger partial charge is 0.328 e. The SMILES string of the molecule is O=C(O)C=CC(=O)O.O=c1ccc2ccc(OCCCCN3CCN(c4cccc5sccc45)CC3)cc2[nH]1. The van der Waals surface area contributed by atoms with E-state index in [1.165, 1.54) is 15.8 Å². The Labute approximate surface area is 229 Å². The highest BCUT2D eigenvalue weighted by Crippen LogP contribution is 2.31. The van der Waals surface area contributed by atoms with Gasteiger partial charge in [-0.15, -0.1) is 11.3 Å². The monoisotopic (exact) mass is 549 g/mol. The van der Waals surface area contributed by atoms with E-state index in [1.54, 1.807) is 6.07 Å². The number of carbonyl (C=O) groups is 2. The Balaban J connectivity index is 0.000000386. The van der Waals surface area contributed by atoms with Crippen molar-refractivity contribution >= 4 is 50.0 Å². The lowest BCUT2D eigenvalue weighted by molar-refractivity contribution is -0.134. The highest BCUT2D eigenvalue weighted by Gasteiger charge is 2.18. The minimum absolute atomic E-state index is 0.0863. The van der Waals surface area contributed by atoms with Crippen LogP contribution in [0.5, 0.6) is 5.75 Å². The van der Waals surface area contributed by atoms with Gasteiger partial charge in [-0.3, -0.25) is 9.69 Å². The molecule has 0 aliphatic carbocycles. The third kappa shape index (κ3) is 8.17. The molecule has 0 amide bonds. The van der Waals surface area contributed by atoms with Crippen LogP contribution in [0.1, 0.15) is 12.8 Å². The molecule has 1 saturated heterocycles. The van der Waals surface area contributed by atoms with E-state index in [0.717, 1.165) is 62.2 Å². The number of anilines is 1. The molecule has 9 nitrogen and oxygen atoms in total. The number of hydrogen-bond donors (Lipinski definition) is 3. The molecule has 0 radical (unpaired) electrons. The standard InChI is InChI=1S/C25H27N3O2S.C4H4O4/c29-25-9-7-19-6-8-20(18-22(19)26-25)30-16-2-1-11-27-12-14-28(15-13-27)23-4-3-5-24-21(23)10-17-31-24;5-3(6)1-2-4(7)8/h3-10,17-18H,1-2,11-16H2,(H,26,29);1-2H,(H,5,6)(H,7,8). The van der Waals surface area contributed by atoms with Gasteiger partial charge in [-0.25, -0.2) is 9.59 Å². The van der Waals surface area contributed by atoms with E-state index in [0.29, 0.717) is 18.8 Å². The van der Waals surface area contributed by atoms with Crippen molar-refractivity contribution in [2.24, 2.45) is 0 Å². The number of fused-ring (bicyclic) bond motifs is 2. The van der Waals surface area contributed by atoms with E-state index in [1.807, 2.05) is 35.6 Å². The maximum absolute atomic E-state index is 11.5. The van der Waals surface area contributed by atoms with Gasteiger partial charge in [0.15, 0.2) is 0 Å². The molecule has 204 valence electrons. The van der Waals surface area contributed by atoms with Crippen molar-refractivity contribution in [1.82, 2.24) is 9.88 Å². The Kier molecular flexibility index (Phi) is 9.71. The number of nitrogens with one attached hydrogen (secondary N) is 1. The van der Waals surface area contributed by atoms with Crippen molar-refractivity contribution < 1.29 is 24.5 Å². The molecule has 0 atom stereocenters. The minimum atomic E-state index is -1.26. The predicted octanol–water partition coefficient (Wildman–Crippen LogP) is 4.44. The second-order valence-electron chi connectivity index (χ2n) is 9.08. The first-order valence-corrected chi connectivity index (χ1v) is 13.6. The van der Waals surface area contributed by atoms with Crippen molar-refractivity contribution in [1.29, 1.82) is 0 Å². The van der Waals surface area contributed by atoms with Gasteiger partial charge in [-0.2, -0.15) is 0 Å². The molecular formula is C29H31N3O6S. The Hall–Kier alpha value is -4.15. The number of benzene rings is 2. The van der Waals surface area contributed by atoms with Crippen LogP contribution in [0.15, 0.2) is 76.9 Å². The number of nitrogens with zero attached hydrogens (tertiary/aromatic N) is 2. The molecule has 10 heteroatoms. The number of carboxylic acids is 2. The number of aromatic amines is 1. The van der Waals surface area contributed by atoms with Crippen molar-refractivity contribution in [3.05, 3.63) is 82.5 Å². The fourth-order valence-electron chi connectivity index (χ4n) is 4.45. The van der Waals surface area contributed by atoms with Crippen LogP contribution < -0.4 is 15.2 Å². The number of rotatable bonds is 9. The minimum Gasteiger partial charge on any atom is -0.494 e. The third-order valence-electron chi connectivity index (χ3n) is 6.39. The summed E-state index contributed by atoms with van der Waals surface area (Å²) in [5.74, 6) is -1.70. The summed E-state index contributed by atoms with van der Waals surface area (Å²) in [4.78, 5) is 38.5. The average Bonchev–Trinajstić information content (AvgIpc) is 3.41. The van der Waals surface area contributed by atoms with Crippen LogP contribution in [-0.4, -0.2) is 71.4 Å². The molecule has 0 unspecified atom stereocenters. The molecule has 5 rings (SSSR count). The maximum atomic E-state index is 11.5. The summed E-state index contributed by atoms with van der Waals surface area (Å²) in [5, 5.41) is 20.2. The second kappa shape index (κ2) is 13.6. The summed E-state index contributed by atoms with van der Waals surface area (Å²) in [6.45, 7) is 6.20. The maximum Gasteiger partial charge on any atom is 0.328 e. The number of H-pyrrole nitrogens is 1. The average molecular weight is 550 g/mol. The first kappa shape index (κ1) is 27.9. The zero-order chi connectivity index (χ0) is 27.6. The van der Waals surface area contributed by atoms with Crippen molar-refractivity contribution in [3.63, 3.8) is 0 Å². The Morgan fingerprint density at radius 3 is 2.44 bits per heavy atom. The van der Waals surface area contributed by atoms with E-state index in [-0.39, 0.29) is 5.56 Å². The molecule has 3 N–H and O–H groups in total. The second-order valence-corrected chi connectivity index (χ2v) is 10.0. The topological polar surface area (TPSA) is 123 Å². The van der Waals surface area contributed by atoms with E-state index in [2.05, 4.69) is 44.4 Å². The molecule has 1 aliphatic heterocycles. The van der Waals surface area contributed by atoms with Gasteiger partial charge >= 0.3 is 11.9 Å². The van der Waals surface area contributed by atoms with Crippen LogP contribution in [0.3, 0.4) is 0 Å². The predicted molar refractivity (Wildman–Crippen MR) is 154 cm³/mol. The molecule has 1 fully saturated rings. The highest BCUT2D eigenvalue weighted by molar-refractivity contribution is 7.17. The van der Waals surface area contributed by atoms with Crippen molar-refractivity contribution in [3.8, 4) is 5.75 Å². The van der Waals surface area contributed by atoms with Gasteiger partial charge < -0.3 is 24.8 Å². The summed E-state index contributed by atoms with van der Waals surface area (Å²) in [7, 11) is 0. The zero-order valence-corrected chi connectivity index (χ0v) is 22.2. The molecular weight excluding hydrogens is 518 g/mol. The number of ether oxygens (including phenoxy) is 1. The van der Waals surface area contributed by atoms with E-state index in [9.17, 15) is 14.4 Å². The largest absolute Gasteiger partial charge is 0.494 e. The van der Waals surface area contributed by atoms with Crippen LogP contribution in [0, 0.1) is 0 Å². The quantitative estimate of drug-likeness (QED) is 0.207. The Morgan fingerprint density at radius 2 is 1.69 bits per heavy atom. The van der Waals surface area contributed by atoms with Gasteiger partial charge in [0, 0.05) is 66.2 Å². The van der Waals surface area contributed by atoms with Crippen LogP contribution in [0.4, 0.5) is 5.69 Å². The number of carboxylic acid groups (broad SMARTS) is 2. The number of hydrogen-bond acceptors (Lipinski definition) is 7. The van der Waals surface area contributed by atoms with Gasteiger partial charge in [-0.05, 0) is 66.6 Å². The van der Waals surface area contributed by atoms with Crippen molar-refractivity contribution in [2.75, 3.05) is 44.2 Å². The third-order valence-corrected chi connectivity index (χ3v) is 7.27. The lowest BCUT2D eigenvalue weighted by Crippen LogP contribution is -2.46. The van der Waals surface area contributed by atoms with Crippen LogP contribution >= 0.6 is 11.3 Å². The van der Waals surface area contributed by atoms with Gasteiger partial charge in [-0.1, -0.05) is 6.07 Å². The number of piperazine rings is 1. The van der Waals surface area contributed by atoms with E-state index >= 15 is 0 Å². The molecule has 3 heterocycles. The summed E-state index contributed by atoms with van der Waals surface area (Å²) in [5.41, 5.74) is 2.11. The normalized spacial score (nSPS) is 13.9. The first-order valence-electron chi connectivity index (χ1n) is 12.7. The molecule has 0 bridgehead atoms. The lowest BCUT2D eigenvalue weighted by atomic mass is 10.2. The molecule has 2 aromatic heterocycles. The van der Waals surface area contributed by atoms with Crippen LogP contribution in [-0.2, 0) is 9.59 Å². The van der Waals surface area contributed by atoms with Crippen LogP contribution in [0.2, 0.25) is 0 Å². The van der Waals surface area contributed by atoms with E-state index in [4.69, 9.17) is 14.9 Å². The van der Waals surface area contributed by atoms with Crippen LogP contribution in [0.25, 0.3) is 21.0 Å². The summed E-state index contributed by atoms with van der Waals surface area (Å²) >= 11 is 1.82. The van der Waals surface area contributed by atoms with Gasteiger partial charge in [0.05, 0.1) is 12.1 Å². The first-order chi connectivity index (χ1) is 18.9. The lowest BCUT2D eigenvalue weighted by Gasteiger charge is -2.36. The molecule has 39 heavy (non-hydrogen) atoms. The Bertz CT molecular complexity index is 1490. The number of thiophene rings is 1. The number of aromatic nitrogens is 1. The summed E-state index contributed by atoms with van der Waals surface area (Å²) in [6.07, 6.45) is 3.27. The van der Waals surface area contributed by atoms with Gasteiger partial charge in [0.25, 0.3) is 0 Å². The molecule has 4 aromatic rings. The zero-order valence-electron chi connectivity index (χ0n) is 21.4. The molecule has 0 spiro atoms. The fourth-order valence-corrected chi connectivity index (χ4v) is 5.26. The fraction of sp³-hybridized carbons (Fsp3) is 0.276. The molecule has 1 aliphatic rings. The Morgan fingerprint density at radius 1 is 0.949 bits per heavy atom. The van der Waals surface area contributed by atoms with Gasteiger partial charge in [0.2, 0.25) is 5.56 Å². The number of unbranched alkanes of at least 4 members (excludes halogenated alkanes) is 1. The molecule has 2 aromatic carbocycles. The summed E-state index contributed by atoms with van der Waals surface area (Å²) < 4.78 is 7.28. The number of pyridine rings is 1.